The number of carbonyl (C=O) groups is 1. The zero-order valence-corrected chi connectivity index (χ0v) is 13.9. The van der Waals surface area contributed by atoms with Crippen molar-refractivity contribution < 1.29 is 4.79 Å². The van der Waals surface area contributed by atoms with E-state index in [9.17, 15) is 4.79 Å². The number of carbonyl (C=O) groups excluding carboxylic acids is 1. The Hall–Kier alpha value is -0.650. The number of piperidine rings is 1. The van der Waals surface area contributed by atoms with Gasteiger partial charge >= 0.3 is 0 Å². The van der Waals surface area contributed by atoms with Crippen LogP contribution in [0.4, 0.5) is 0 Å². The first-order valence-corrected chi connectivity index (χ1v) is 8.44. The normalized spacial score (nSPS) is 24.5. The molecule has 2 aliphatic rings. The van der Waals surface area contributed by atoms with E-state index in [0.717, 1.165) is 32.6 Å². The van der Waals surface area contributed by atoms with Crippen molar-refractivity contribution in [1.82, 2.24) is 14.7 Å². The van der Waals surface area contributed by atoms with Crippen LogP contribution in [-0.4, -0.2) is 79.0 Å². The predicted molar refractivity (Wildman–Crippen MR) is 86.1 cm³/mol. The molecule has 0 aliphatic carbocycles. The highest BCUT2D eigenvalue weighted by atomic mass is 16.2. The van der Waals surface area contributed by atoms with Gasteiger partial charge in [-0.05, 0) is 45.3 Å². The van der Waals surface area contributed by atoms with Crippen molar-refractivity contribution >= 4 is 5.91 Å². The van der Waals surface area contributed by atoms with Crippen molar-refractivity contribution in [2.45, 2.75) is 45.2 Å². The summed E-state index contributed by atoms with van der Waals surface area (Å²) in [6, 6.07) is 0.391. The molecule has 0 spiro atoms. The predicted octanol–water partition coefficient (Wildman–Crippen LogP) is 0.598. The lowest BCUT2D eigenvalue weighted by Gasteiger charge is -2.42. The lowest BCUT2D eigenvalue weighted by Crippen LogP contribution is -2.56. The number of nitrogens with zero attached hydrogens (tertiary/aromatic N) is 3. The lowest BCUT2D eigenvalue weighted by atomic mass is 10.0. The first-order chi connectivity index (χ1) is 9.97. The van der Waals surface area contributed by atoms with Crippen LogP contribution in [0.25, 0.3) is 0 Å². The van der Waals surface area contributed by atoms with Crippen LogP contribution in [0.1, 0.15) is 33.1 Å². The Kier molecular flexibility index (Phi) is 6.02. The van der Waals surface area contributed by atoms with Gasteiger partial charge in [0.2, 0.25) is 5.91 Å². The molecule has 122 valence electrons. The van der Waals surface area contributed by atoms with Crippen LogP contribution in [-0.2, 0) is 4.79 Å². The summed E-state index contributed by atoms with van der Waals surface area (Å²) in [4.78, 5) is 19.3. The largest absolute Gasteiger partial charge is 0.339 e. The Balaban J connectivity index is 1.76. The highest BCUT2D eigenvalue weighted by Crippen LogP contribution is 2.18. The summed E-state index contributed by atoms with van der Waals surface area (Å²) in [5.41, 5.74) is 6.03. The molecule has 5 heteroatoms. The number of hydrogen-bond acceptors (Lipinski definition) is 4. The van der Waals surface area contributed by atoms with Gasteiger partial charge in [-0.1, -0.05) is 13.8 Å². The van der Waals surface area contributed by atoms with E-state index in [4.69, 9.17) is 5.73 Å². The second-order valence-electron chi connectivity index (χ2n) is 7.13. The van der Waals surface area contributed by atoms with Gasteiger partial charge in [0, 0.05) is 32.2 Å². The van der Waals surface area contributed by atoms with Crippen LogP contribution in [0.2, 0.25) is 0 Å². The van der Waals surface area contributed by atoms with Gasteiger partial charge < -0.3 is 15.5 Å². The highest BCUT2D eigenvalue weighted by Gasteiger charge is 2.29. The highest BCUT2D eigenvalue weighted by molar-refractivity contribution is 5.81. The zero-order chi connectivity index (χ0) is 15.4. The van der Waals surface area contributed by atoms with Crippen LogP contribution in [0.5, 0.6) is 0 Å². The molecule has 1 amide bonds. The minimum absolute atomic E-state index is 0.145. The van der Waals surface area contributed by atoms with Gasteiger partial charge in [0.1, 0.15) is 0 Å². The zero-order valence-electron chi connectivity index (χ0n) is 13.9. The van der Waals surface area contributed by atoms with Gasteiger partial charge in [0.15, 0.2) is 0 Å². The Morgan fingerprint density at radius 3 is 2.19 bits per heavy atom. The molecule has 2 rings (SSSR count). The van der Waals surface area contributed by atoms with Crippen molar-refractivity contribution in [1.29, 1.82) is 0 Å². The molecule has 0 saturated carbocycles. The maximum atomic E-state index is 12.3. The number of likely N-dealkylation sites (tertiary alicyclic amines) is 1. The Morgan fingerprint density at radius 1 is 1.10 bits per heavy atom. The second kappa shape index (κ2) is 7.56. The molecule has 0 bridgehead atoms. The monoisotopic (exact) mass is 296 g/mol. The summed E-state index contributed by atoms with van der Waals surface area (Å²) in [6.45, 7) is 10.3. The summed E-state index contributed by atoms with van der Waals surface area (Å²) in [5.74, 6) is 0.621. The fraction of sp³-hybridized carbons (Fsp3) is 0.938. The van der Waals surface area contributed by atoms with E-state index in [1.54, 1.807) is 0 Å². The number of nitrogens with two attached hydrogens (primary N) is 1. The summed E-state index contributed by atoms with van der Waals surface area (Å²) >= 11 is 0. The fourth-order valence-corrected chi connectivity index (χ4v) is 3.51. The second-order valence-corrected chi connectivity index (χ2v) is 7.13. The van der Waals surface area contributed by atoms with E-state index in [1.165, 1.54) is 25.9 Å². The first kappa shape index (κ1) is 16.7. The maximum Gasteiger partial charge on any atom is 0.239 e. The quantitative estimate of drug-likeness (QED) is 0.825. The van der Waals surface area contributed by atoms with Crippen LogP contribution in [0.3, 0.4) is 0 Å². The molecule has 2 saturated heterocycles. The van der Waals surface area contributed by atoms with Gasteiger partial charge in [-0.2, -0.15) is 0 Å². The third kappa shape index (κ3) is 4.66. The molecule has 2 heterocycles. The Morgan fingerprint density at radius 2 is 1.67 bits per heavy atom. The van der Waals surface area contributed by atoms with E-state index in [2.05, 4.69) is 30.7 Å². The fourth-order valence-electron chi connectivity index (χ4n) is 3.51. The van der Waals surface area contributed by atoms with E-state index >= 15 is 0 Å². The molecule has 2 fully saturated rings. The molecule has 0 radical (unpaired) electrons. The standard InChI is InChI=1S/C16H32N4O/c1-13(2)12-15(17)16(21)20-10-8-19(9-11-20)14-4-6-18(3)7-5-14/h13-15H,4-12,17H2,1-3H3/t15-/m0/s1. The van der Waals surface area contributed by atoms with Crippen molar-refractivity contribution in [3.05, 3.63) is 0 Å². The van der Waals surface area contributed by atoms with Gasteiger partial charge in [-0.25, -0.2) is 0 Å². The van der Waals surface area contributed by atoms with Crippen molar-refractivity contribution in [2.75, 3.05) is 46.3 Å². The maximum absolute atomic E-state index is 12.3. The third-order valence-electron chi connectivity index (χ3n) is 4.87. The molecule has 0 unspecified atom stereocenters. The molecule has 1 atom stereocenters. The van der Waals surface area contributed by atoms with Gasteiger partial charge in [-0.3, -0.25) is 9.69 Å². The van der Waals surface area contributed by atoms with Crippen molar-refractivity contribution in [3.63, 3.8) is 0 Å². The molecule has 0 aromatic heterocycles. The van der Waals surface area contributed by atoms with Crippen LogP contribution >= 0.6 is 0 Å². The molecule has 2 N–H and O–H groups in total. The molecule has 21 heavy (non-hydrogen) atoms. The van der Waals surface area contributed by atoms with E-state index in [1.807, 2.05) is 4.90 Å². The third-order valence-corrected chi connectivity index (χ3v) is 4.87. The summed E-state index contributed by atoms with van der Waals surface area (Å²) in [5, 5.41) is 0. The average molecular weight is 296 g/mol. The number of rotatable bonds is 4. The van der Waals surface area contributed by atoms with Crippen LogP contribution in [0.15, 0.2) is 0 Å². The van der Waals surface area contributed by atoms with Crippen LogP contribution in [0, 0.1) is 5.92 Å². The molecule has 2 aliphatic heterocycles. The van der Waals surface area contributed by atoms with Gasteiger partial charge in [-0.15, -0.1) is 0 Å². The minimum atomic E-state index is -0.320. The number of hydrogen-bond donors (Lipinski definition) is 1. The summed E-state index contributed by atoms with van der Waals surface area (Å²) < 4.78 is 0. The molecular formula is C16H32N4O. The SMILES string of the molecule is CC(C)C[C@H](N)C(=O)N1CCN(C2CCN(C)CC2)CC1. The lowest BCUT2D eigenvalue weighted by molar-refractivity contribution is -0.135. The molecule has 5 nitrogen and oxygen atoms in total. The van der Waals surface area contributed by atoms with E-state index < -0.39 is 0 Å². The van der Waals surface area contributed by atoms with Crippen molar-refractivity contribution in [3.8, 4) is 0 Å². The van der Waals surface area contributed by atoms with E-state index in [0.29, 0.717) is 12.0 Å². The smallest absolute Gasteiger partial charge is 0.239 e. The number of piperazine rings is 1. The minimum Gasteiger partial charge on any atom is -0.339 e. The van der Waals surface area contributed by atoms with Gasteiger partial charge in [0.05, 0.1) is 6.04 Å². The summed E-state index contributed by atoms with van der Waals surface area (Å²) in [7, 11) is 2.20. The average Bonchev–Trinajstić information content (AvgIpc) is 2.47. The summed E-state index contributed by atoms with van der Waals surface area (Å²) in [6.07, 6.45) is 3.31. The Labute approximate surface area is 129 Å². The molecule has 0 aromatic carbocycles. The Bertz CT molecular complexity index is 331. The van der Waals surface area contributed by atoms with E-state index in [-0.39, 0.29) is 11.9 Å². The topological polar surface area (TPSA) is 52.8 Å². The molecule has 0 aromatic rings. The van der Waals surface area contributed by atoms with Crippen LogP contribution < -0.4 is 5.73 Å². The molecular weight excluding hydrogens is 264 g/mol. The number of amides is 1. The van der Waals surface area contributed by atoms with Crippen molar-refractivity contribution in [2.24, 2.45) is 11.7 Å². The van der Waals surface area contributed by atoms with Gasteiger partial charge in [0.25, 0.3) is 0 Å². The first-order valence-electron chi connectivity index (χ1n) is 8.44.